The predicted octanol–water partition coefficient (Wildman–Crippen LogP) is 1.55. The normalized spacial score (nSPS) is 11.9. The van der Waals surface area contributed by atoms with Crippen LogP contribution >= 0.6 is 0 Å². The number of hydrogen-bond acceptors (Lipinski definition) is 5. The molecule has 0 saturated carbocycles. The van der Waals surface area contributed by atoms with Crippen LogP contribution in [0.4, 0.5) is 5.69 Å². The van der Waals surface area contributed by atoms with Gasteiger partial charge in [-0.1, -0.05) is 24.3 Å². The number of rotatable bonds is 6. The molecule has 0 aliphatic rings. The largest absolute Gasteiger partial charge is 0.508 e. The van der Waals surface area contributed by atoms with Crippen molar-refractivity contribution in [3.63, 3.8) is 0 Å². The lowest BCUT2D eigenvalue weighted by molar-refractivity contribution is -0.146. The van der Waals surface area contributed by atoms with Crippen molar-refractivity contribution in [2.45, 2.75) is 12.6 Å². The lowest BCUT2D eigenvalue weighted by Crippen LogP contribution is -2.42. The van der Waals surface area contributed by atoms with E-state index in [1.165, 1.54) is 23.1 Å². The van der Waals surface area contributed by atoms with E-state index in [-0.39, 0.29) is 24.5 Å². The summed E-state index contributed by atoms with van der Waals surface area (Å²) in [4.78, 5) is 12.4. The number of carbonyl (C=O) groups is 1. The Morgan fingerprint density at radius 1 is 1.00 bits per heavy atom. The molecule has 0 heterocycles. The van der Waals surface area contributed by atoms with Crippen molar-refractivity contribution in [3.05, 3.63) is 54.1 Å². The van der Waals surface area contributed by atoms with E-state index in [0.29, 0.717) is 11.3 Å². The molecule has 0 unspecified atom stereocenters. The SMILES string of the molecule is O=C(O)[C@H](O)N(CCc1c(O)cccc1O)c1ccccc1. The number of aliphatic hydroxyl groups is 1. The summed E-state index contributed by atoms with van der Waals surface area (Å²) in [6.45, 7) is 0.114. The van der Waals surface area contributed by atoms with Gasteiger partial charge in [0.15, 0.2) is 0 Å². The first kappa shape index (κ1) is 15.7. The third-order valence-corrected chi connectivity index (χ3v) is 3.33. The van der Waals surface area contributed by atoms with E-state index in [0.717, 1.165) is 0 Å². The molecule has 0 spiro atoms. The molecule has 0 aliphatic carbocycles. The maximum atomic E-state index is 11.1. The number of phenols is 2. The zero-order valence-electron chi connectivity index (χ0n) is 11.8. The van der Waals surface area contributed by atoms with Gasteiger partial charge in [0, 0.05) is 17.8 Å². The Morgan fingerprint density at radius 3 is 2.14 bits per heavy atom. The Hall–Kier alpha value is -2.73. The fourth-order valence-electron chi connectivity index (χ4n) is 2.20. The minimum absolute atomic E-state index is 0.0715. The van der Waals surface area contributed by atoms with Gasteiger partial charge in [0.25, 0.3) is 0 Å². The first-order valence-electron chi connectivity index (χ1n) is 6.73. The minimum Gasteiger partial charge on any atom is -0.508 e. The maximum absolute atomic E-state index is 11.1. The van der Waals surface area contributed by atoms with Crippen LogP contribution in [-0.2, 0) is 11.2 Å². The van der Waals surface area contributed by atoms with E-state index in [1.807, 2.05) is 0 Å². The number of hydrogen-bond donors (Lipinski definition) is 4. The molecule has 6 heteroatoms. The van der Waals surface area contributed by atoms with E-state index < -0.39 is 12.2 Å². The summed E-state index contributed by atoms with van der Waals surface area (Å²) < 4.78 is 0. The number of aliphatic carboxylic acids is 1. The van der Waals surface area contributed by atoms with Crippen LogP contribution in [0.3, 0.4) is 0 Å². The van der Waals surface area contributed by atoms with E-state index in [2.05, 4.69) is 0 Å². The van der Waals surface area contributed by atoms with Crippen LogP contribution < -0.4 is 4.90 Å². The highest BCUT2D eigenvalue weighted by molar-refractivity contribution is 5.76. The number of anilines is 1. The van der Waals surface area contributed by atoms with Crippen LogP contribution in [0.15, 0.2) is 48.5 Å². The van der Waals surface area contributed by atoms with Crippen molar-refractivity contribution in [2.75, 3.05) is 11.4 Å². The standard InChI is InChI=1S/C16H17NO5/c18-13-7-4-8-14(19)12(13)9-10-17(15(20)16(21)22)11-5-2-1-3-6-11/h1-8,15,18-20H,9-10H2,(H,21,22)/t15-/m0/s1. The van der Waals surface area contributed by atoms with Crippen LogP contribution in [0.1, 0.15) is 5.56 Å². The zero-order valence-corrected chi connectivity index (χ0v) is 11.8. The minimum atomic E-state index is -1.71. The number of nitrogens with zero attached hydrogens (tertiary/aromatic N) is 1. The molecule has 0 saturated heterocycles. The zero-order chi connectivity index (χ0) is 16.1. The number of carboxylic acids is 1. The third-order valence-electron chi connectivity index (χ3n) is 3.33. The lowest BCUT2D eigenvalue weighted by atomic mass is 10.1. The first-order valence-corrected chi connectivity index (χ1v) is 6.73. The van der Waals surface area contributed by atoms with Gasteiger partial charge in [-0.15, -0.1) is 0 Å². The average molecular weight is 303 g/mol. The van der Waals surface area contributed by atoms with Gasteiger partial charge in [-0.3, -0.25) is 0 Å². The van der Waals surface area contributed by atoms with Gasteiger partial charge in [0.2, 0.25) is 6.23 Å². The lowest BCUT2D eigenvalue weighted by Gasteiger charge is -2.27. The van der Waals surface area contributed by atoms with Crippen molar-refractivity contribution < 1.29 is 25.2 Å². The van der Waals surface area contributed by atoms with Crippen molar-refractivity contribution in [1.82, 2.24) is 0 Å². The second-order valence-electron chi connectivity index (χ2n) is 4.77. The summed E-state index contributed by atoms with van der Waals surface area (Å²) in [5.41, 5.74) is 0.841. The summed E-state index contributed by atoms with van der Waals surface area (Å²) in [5.74, 6) is -1.51. The number of benzene rings is 2. The molecule has 0 radical (unpaired) electrons. The Bertz CT molecular complexity index is 624. The monoisotopic (exact) mass is 303 g/mol. The summed E-state index contributed by atoms with van der Waals surface area (Å²) in [6.07, 6.45) is -1.53. The van der Waals surface area contributed by atoms with Crippen LogP contribution in [0.2, 0.25) is 0 Å². The fourth-order valence-corrected chi connectivity index (χ4v) is 2.20. The Labute approximate surface area is 127 Å². The molecule has 0 aliphatic heterocycles. The fraction of sp³-hybridized carbons (Fsp3) is 0.188. The van der Waals surface area contributed by atoms with Crippen molar-refractivity contribution in [3.8, 4) is 11.5 Å². The highest BCUT2D eigenvalue weighted by Crippen LogP contribution is 2.27. The molecule has 22 heavy (non-hydrogen) atoms. The quantitative estimate of drug-likeness (QED) is 0.604. The average Bonchev–Trinajstić information content (AvgIpc) is 2.50. The van der Waals surface area contributed by atoms with Gasteiger partial charge in [0.1, 0.15) is 11.5 Å². The second kappa shape index (κ2) is 6.82. The van der Waals surface area contributed by atoms with Crippen LogP contribution in [0.5, 0.6) is 11.5 Å². The molecule has 0 aromatic heterocycles. The number of para-hydroxylation sites is 1. The van der Waals surface area contributed by atoms with Crippen LogP contribution in [0, 0.1) is 0 Å². The molecule has 2 rings (SSSR count). The highest BCUT2D eigenvalue weighted by Gasteiger charge is 2.23. The predicted molar refractivity (Wildman–Crippen MR) is 80.9 cm³/mol. The molecule has 4 N–H and O–H groups in total. The third kappa shape index (κ3) is 3.48. The van der Waals surface area contributed by atoms with Gasteiger partial charge in [-0.25, -0.2) is 4.79 Å². The molecule has 2 aromatic rings. The molecular formula is C16H17NO5. The van der Waals surface area contributed by atoms with E-state index in [1.54, 1.807) is 30.3 Å². The van der Waals surface area contributed by atoms with Gasteiger partial charge >= 0.3 is 5.97 Å². The van der Waals surface area contributed by atoms with E-state index >= 15 is 0 Å². The number of aromatic hydroxyl groups is 2. The van der Waals surface area contributed by atoms with Crippen LogP contribution in [0.25, 0.3) is 0 Å². The topological polar surface area (TPSA) is 101 Å². The maximum Gasteiger partial charge on any atom is 0.354 e. The van der Waals surface area contributed by atoms with Crippen molar-refractivity contribution in [1.29, 1.82) is 0 Å². The van der Waals surface area contributed by atoms with Gasteiger partial charge in [0.05, 0.1) is 0 Å². The molecule has 1 atom stereocenters. The van der Waals surface area contributed by atoms with Gasteiger partial charge in [-0.2, -0.15) is 0 Å². The van der Waals surface area contributed by atoms with E-state index in [9.17, 15) is 20.1 Å². The molecule has 0 fully saturated rings. The number of aliphatic hydroxyl groups excluding tert-OH is 1. The first-order chi connectivity index (χ1) is 10.5. The molecule has 116 valence electrons. The molecule has 0 bridgehead atoms. The number of phenolic OH excluding ortho intramolecular Hbond substituents is 2. The summed E-state index contributed by atoms with van der Waals surface area (Å²) in [5, 5.41) is 38.4. The Morgan fingerprint density at radius 2 is 1.59 bits per heavy atom. The summed E-state index contributed by atoms with van der Waals surface area (Å²) >= 11 is 0. The second-order valence-corrected chi connectivity index (χ2v) is 4.77. The number of carboxylic acid groups (broad SMARTS) is 1. The van der Waals surface area contributed by atoms with Crippen molar-refractivity contribution >= 4 is 11.7 Å². The van der Waals surface area contributed by atoms with Gasteiger partial charge in [-0.05, 0) is 30.7 Å². The Kier molecular flexibility index (Phi) is 4.85. The molecule has 2 aromatic carbocycles. The van der Waals surface area contributed by atoms with Gasteiger partial charge < -0.3 is 25.3 Å². The van der Waals surface area contributed by atoms with Crippen LogP contribution in [-0.4, -0.2) is 39.2 Å². The van der Waals surface area contributed by atoms with Crippen molar-refractivity contribution in [2.24, 2.45) is 0 Å². The summed E-state index contributed by atoms with van der Waals surface area (Å²) in [6, 6.07) is 13.0. The van der Waals surface area contributed by atoms with E-state index in [4.69, 9.17) is 5.11 Å². The molecular weight excluding hydrogens is 286 g/mol. The Balaban J connectivity index is 2.22. The highest BCUT2D eigenvalue weighted by atomic mass is 16.4. The summed E-state index contributed by atoms with van der Waals surface area (Å²) in [7, 11) is 0. The molecule has 0 amide bonds. The molecule has 6 nitrogen and oxygen atoms in total. The smallest absolute Gasteiger partial charge is 0.354 e.